The molecule has 3 aliphatic rings. The zero-order chi connectivity index (χ0) is 19.8. The van der Waals surface area contributed by atoms with Crippen molar-refractivity contribution in [2.45, 2.75) is 50.6 Å². The molecule has 0 spiro atoms. The zero-order valence-electron chi connectivity index (χ0n) is 17.3. The van der Waals surface area contributed by atoms with Crippen LogP contribution in [-0.4, -0.2) is 48.5 Å². The molecule has 0 bridgehead atoms. The van der Waals surface area contributed by atoms with Crippen molar-refractivity contribution in [2.75, 3.05) is 26.7 Å². The van der Waals surface area contributed by atoms with E-state index < -0.39 is 0 Å². The van der Waals surface area contributed by atoms with Gasteiger partial charge in [-0.05, 0) is 74.0 Å². The summed E-state index contributed by atoms with van der Waals surface area (Å²) >= 11 is 0. The Morgan fingerprint density at radius 3 is 2.76 bits per heavy atom. The van der Waals surface area contributed by atoms with Gasteiger partial charge in [0, 0.05) is 30.6 Å². The molecule has 1 aliphatic carbocycles. The lowest BCUT2D eigenvalue weighted by Crippen LogP contribution is -2.36. The number of carbonyl (C=O) groups excluding carboxylic acids is 1. The van der Waals surface area contributed by atoms with E-state index in [1.165, 1.54) is 36.1 Å². The van der Waals surface area contributed by atoms with Gasteiger partial charge in [-0.2, -0.15) is 0 Å². The lowest BCUT2D eigenvalue weighted by atomic mass is 9.79. The molecule has 152 valence electrons. The van der Waals surface area contributed by atoms with Crippen LogP contribution >= 0.6 is 0 Å². The zero-order valence-corrected chi connectivity index (χ0v) is 17.3. The second-order valence-electron chi connectivity index (χ2n) is 8.66. The van der Waals surface area contributed by atoms with Crippen LogP contribution in [0.2, 0.25) is 0 Å². The number of carbonyl (C=O) groups is 1. The molecule has 0 radical (unpaired) electrons. The number of hydrogen-bond donors (Lipinski definition) is 0. The SMILES string of the molecule is COc1cccc2c1CC[C@@H]1[C@H]2CCN1CCCCN1Cc2ccccc2C1=O. The quantitative estimate of drug-likeness (QED) is 0.692. The van der Waals surface area contributed by atoms with Gasteiger partial charge in [0.15, 0.2) is 0 Å². The number of methoxy groups -OCH3 is 1. The maximum absolute atomic E-state index is 12.5. The van der Waals surface area contributed by atoms with E-state index in [0.29, 0.717) is 12.0 Å². The largest absolute Gasteiger partial charge is 0.496 e. The van der Waals surface area contributed by atoms with E-state index in [1.54, 1.807) is 7.11 Å². The molecule has 1 fully saturated rings. The fourth-order valence-electron chi connectivity index (χ4n) is 5.74. The topological polar surface area (TPSA) is 32.8 Å². The van der Waals surface area contributed by atoms with Crippen molar-refractivity contribution in [1.82, 2.24) is 9.80 Å². The highest BCUT2D eigenvalue weighted by Gasteiger charge is 2.39. The first-order chi connectivity index (χ1) is 14.3. The van der Waals surface area contributed by atoms with Crippen molar-refractivity contribution >= 4 is 5.91 Å². The third-order valence-corrected chi connectivity index (χ3v) is 7.16. The van der Waals surface area contributed by atoms with Gasteiger partial charge < -0.3 is 9.64 Å². The number of rotatable bonds is 6. The summed E-state index contributed by atoms with van der Waals surface area (Å²) in [7, 11) is 1.78. The standard InChI is InChI=1S/C25H30N2O2/c1-29-24-10-6-9-20-21-13-16-26(23(21)12-11-22(20)24)14-4-5-15-27-17-18-7-2-3-8-19(18)25(27)28/h2-3,6-10,21,23H,4-5,11-17H2,1H3/t21-,23+/m0/s1. The fourth-order valence-corrected chi connectivity index (χ4v) is 5.74. The van der Waals surface area contributed by atoms with Gasteiger partial charge in [-0.3, -0.25) is 9.69 Å². The number of amides is 1. The molecule has 2 aromatic carbocycles. The number of hydrogen-bond acceptors (Lipinski definition) is 3. The molecule has 4 heteroatoms. The lowest BCUT2D eigenvalue weighted by Gasteiger charge is -2.34. The molecule has 2 aliphatic heterocycles. The van der Waals surface area contributed by atoms with E-state index >= 15 is 0 Å². The molecule has 2 atom stereocenters. The van der Waals surface area contributed by atoms with E-state index in [1.807, 2.05) is 23.1 Å². The highest BCUT2D eigenvalue weighted by Crippen LogP contribution is 2.44. The van der Waals surface area contributed by atoms with Crippen LogP contribution in [0.25, 0.3) is 0 Å². The van der Waals surface area contributed by atoms with Crippen molar-refractivity contribution in [1.29, 1.82) is 0 Å². The average molecular weight is 391 g/mol. The molecule has 2 heterocycles. The maximum Gasteiger partial charge on any atom is 0.254 e. The minimum Gasteiger partial charge on any atom is -0.496 e. The van der Waals surface area contributed by atoms with E-state index in [4.69, 9.17) is 4.74 Å². The van der Waals surface area contributed by atoms with Crippen molar-refractivity contribution in [3.63, 3.8) is 0 Å². The first-order valence-electron chi connectivity index (χ1n) is 11.0. The van der Waals surface area contributed by atoms with Gasteiger partial charge in [0.25, 0.3) is 5.91 Å². The van der Waals surface area contributed by atoms with Gasteiger partial charge >= 0.3 is 0 Å². The molecule has 0 aromatic heterocycles. The van der Waals surface area contributed by atoms with Gasteiger partial charge in [0.1, 0.15) is 5.75 Å². The molecular formula is C25H30N2O2. The van der Waals surface area contributed by atoms with Crippen LogP contribution in [0.3, 0.4) is 0 Å². The monoisotopic (exact) mass is 390 g/mol. The van der Waals surface area contributed by atoms with Crippen molar-refractivity contribution < 1.29 is 9.53 Å². The second kappa shape index (κ2) is 7.83. The molecule has 0 saturated carbocycles. The van der Waals surface area contributed by atoms with Crippen LogP contribution < -0.4 is 4.74 Å². The number of unbranched alkanes of at least 4 members (excludes halogenated alkanes) is 1. The minimum absolute atomic E-state index is 0.208. The summed E-state index contributed by atoms with van der Waals surface area (Å²) in [6.07, 6.45) is 5.85. The van der Waals surface area contributed by atoms with E-state index in [0.717, 1.165) is 50.2 Å². The Labute approximate surface area is 173 Å². The molecule has 29 heavy (non-hydrogen) atoms. The van der Waals surface area contributed by atoms with Gasteiger partial charge in [-0.15, -0.1) is 0 Å². The van der Waals surface area contributed by atoms with E-state index in [9.17, 15) is 4.79 Å². The average Bonchev–Trinajstić information content (AvgIpc) is 3.32. The Morgan fingerprint density at radius 2 is 1.90 bits per heavy atom. The van der Waals surface area contributed by atoms with Crippen LogP contribution in [0.4, 0.5) is 0 Å². The summed E-state index contributed by atoms with van der Waals surface area (Å²) in [5.41, 5.74) is 5.02. The van der Waals surface area contributed by atoms with Crippen molar-refractivity contribution in [3.8, 4) is 5.75 Å². The van der Waals surface area contributed by atoms with Crippen LogP contribution in [-0.2, 0) is 13.0 Å². The highest BCUT2D eigenvalue weighted by atomic mass is 16.5. The normalized spacial score (nSPS) is 23.1. The Balaban J connectivity index is 1.14. The number of benzene rings is 2. The van der Waals surface area contributed by atoms with Gasteiger partial charge in [-0.1, -0.05) is 30.3 Å². The Morgan fingerprint density at radius 1 is 1.03 bits per heavy atom. The van der Waals surface area contributed by atoms with Crippen LogP contribution in [0.5, 0.6) is 5.75 Å². The first-order valence-corrected chi connectivity index (χ1v) is 11.0. The van der Waals surface area contributed by atoms with Gasteiger partial charge in [0.2, 0.25) is 0 Å². The Bertz CT molecular complexity index is 909. The van der Waals surface area contributed by atoms with Gasteiger partial charge in [0.05, 0.1) is 7.11 Å². The van der Waals surface area contributed by atoms with E-state index in [-0.39, 0.29) is 5.91 Å². The molecule has 1 amide bonds. The predicted molar refractivity (Wildman–Crippen MR) is 114 cm³/mol. The summed E-state index contributed by atoms with van der Waals surface area (Å²) in [6.45, 7) is 3.99. The molecule has 4 nitrogen and oxygen atoms in total. The predicted octanol–water partition coefficient (Wildman–Crippen LogP) is 4.24. The van der Waals surface area contributed by atoms with Crippen molar-refractivity contribution in [3.05, 3.63) is 64.7 Å². The lowest BCUT2D eigenvalue weighted by molar-refractivity contribution is 0.0773. The minimum atomic E-state index is 0.208. The first kappa shape index (κ1) is 18.7. The number of likely N-dealkylation sites (tertiary alicyclic amines) is 1. The number of ether oxygens (including phenoxy) is 1. The third kappa shape index (κ3) is 3.33. The summed E-state index contributed by atoms with van der Waals surface area (Å²) in [6, 6.07) is 15.3. The van der Waals surface area contributed by atoms with Crippen LogP contribution in [0.15, 0.2) is 42.5 Å². The van der Waals surface area contributed by atoms with E-state index in [2.05, 4.69) is 29.2 Å². The summed E-state index contributed by atoms with van der Waals surface area (Å²) in [4.78, 5) is 17.2. The Hall–Kier alpha value is -2.33. The summed E-state index contributed by atoms with van der Waals surface area (Å²) in [5.74, 6) is 1.93. The molecule has 0 unspecified atom stereocenters. The molecular weight excluding hydrogens is 360 g/mol. The van der Waals surface area contributed by atoms with Crippen LogP contribution in [0.1, 0.15) is 58.6 Å². The summed E-state index contributed by atoms with van der Waals surface area (Å²) < 4.78 is 5.60. The van der Waals surface area contributed by atoms with Crippen molar-refractivity contribution in [2.24, 2.45) is 0 Å². The van der Waals surface area contributed by atoms with Gasteiger partial charge in [-0.25, -0.2) is 0 Å². The maximum atomic E-state index is 12.5. The summed E-state index contributed by atoms with van der Waals surface area (Å²) in [5, 5.41) is 0. The number of nitrogens with zero attached hydrogens (tertiary/aromatic N) is 2. The van der Waals surface area contributed by atoms with Crippen LogP contribution in [0, 0.1) is 0 Å². The second-order valence-corrected chi connectivity index (χ2v) is 8.66. The molecule has 0 N–H and O–H groups in total. The highest BCUT2D eigenvalue weighted by molar-refractivity contribution is 5.98. The molecule has 1 saturated heterocycles. The Kier molecular flexibility index (Phi) is 5.04. The fraction of sp³-hybridized carbons (Fsp3) is 0.480. The third-order valence-electron chi connectivity index (χ3n) is 7.16. The smallest absolute Gasteiger partial charge is 0.254 e. The molecule has 2 aromatic rings. The number of fused-ring (bicyclic) bond motifs is 4. The molecule has 5 rings (SSSR count).